The summed E-state index contributed by atoms with van der Waals surface area (Å²) in [6.45, 7) is 3.39. The lowest BCUT2D eigenvalue weighted by Gasteiger charge is -2.33. The minimum Gasteiger partial charge on any atom is -0.504 e. The number of benzene rings is 1. The van der Waals surface area contributed by atoms with Gasteiger partial charge in [0.05, 0.1) is 5.56 Å². The number of phenolic OH excluding ortho intramolecular Hbond substituents is 2. The van der Waals surface area contributed by atoms with Gasteiger partial charge in [0.25, 0.3) is 0 Å². The van der Waals surface area contributed by atoms with Crippen molar-refractivity contribution in [1.82, 2.24) is 0 Å². The van der Waals surface area contributed by atoms with Crippen LogP contribution < -0.4 is 10.4 Å². The van der Waals surface area contributed by atoms with Crippen molar-refractivity contribution in [2.75, 3.05) is 0 Å². The van der Waals surface area contributed by atoms with Gasteiger partial charge in [-0.05, 0) is 29.7 Å². The highest BCUT2D eigenvalue weighted by atomic mass is 16.6. The van der Waals surface area contributed by atoms with E-state index in [2.05, 4.69) is 0 Å². The molecule has 3 rings (SSSR count). The highest BCUT2D eigenvalue weighted by Crippen LogP contribution is 2.38. The van der Waals surface area contributed by atoms with Gasteiger partial charge in [-0.1, -0.05) is 19.1 Å². The Morgan fingerprint density at radius 3 is 2.67 bits per heavy atom. The zero-order valence-electron chi connectivity index (χ0n) is 13.3. The maximum Gasteiger partial charge on any atom is 0.343 e. The van der Waals surface area contributed by atoms with E-state index in [1.165, 1.54) is 12.1 Å². The molecule has 0 spiro atoms. The van der Waals surface area contributed by atoms with Crippen LogP contribution in [-0.2, 0) is 0 Å². The van der Waals surface area contributed by atoms with Gasteiger partial charge >= 0.3 is 5.63 Å². The molecule has 1 aromatic heterocycles. The maximum absolute atomic E-state index is 12.2. The predicted molar refractivity (Wildman–Crippen MR) is 88.0 cm³/mol. The van der Waals surface area contributed by atoms with Crippen molar-refractivity contribution in [2.45, 2.75) is 32.0 Å². The number of fused-ring (bicyclic) bond motifs is 1. The normalized spacial score (nSPS) is 23.0. The lowest BCUT2D eigenvalue weighted by molar-refractivity contribution is -0.139. The molecule has 0 radical (unpaired) electrons. The number of hydrogen-bond acceptors (Lipinski definition) is 6. The van der Waals surface area contributed by atoms with E-state index in [1.54, 1.807) is 31.2 Å². The fourth-order valence-electron chi connectivity index (χ4n) is 2.88. The molecule has 0 saturated carbocycles. The van der Waals surface area contributed by atoms with Gasteiger partial charge in [-0.15, -0.1) is 0 Å². The summed E-state index contributed by atoms with van der Waals surface area (Å²) in [7, 11) is 0. The highest BCUT2D eigenvalue weighted by molar-refractivity contribution is 5.69. The number of ether oxygens (including phenoxy) is 1. The summed E-state index contributed by atoms with van der Waals surface area (Å²) in [5.74, 6) is -1.38. The third-order valence-electron chi connectivity index (χ3n) is 3.92. The molecule has 0 fully saturated rings. The summed E-state index contributed by atoms with van der Waals surface area (Å²) in [6, 6.07) is 5.90. The molecule has 2 heterocycles. The Hall–Kier alpha value is -2.73. The van der Waals surface area contributed by atoms with Gasteiger partial charge in [-0.3, -0.25) is 0 Å². The van der Waals surface area contributed by atoms with E-state index in [1.807, 2.05) is 6.92 Å². The van der Waals surface area contributed by atoms with Gasteiger partial charge in [0, 0.05) is 19.4 Å². The molecular weight excluding hydrogens is 312 g/mol. The second kappa shape index (κ2) is 5.72. The second-order valence-electron chi connectivity index (χ2n) is 6.18. The maximum atomic E-state index is 12.2. The first-order valence-electron chi connectivity index (χ1n) is 7.55. The van der Waals surface area contributed by atoms with Crippen molar-refractivity contribution in [1.29, 1.82) is 0 Å². The van der Waals surface area contributed by atoms with Gasteiger partial charge in [0.1, 0.15) is 11.5 Å². The Morgan fingerprint density at radius 1 is 1.21 bits per heavy atom. The van der Waals surface area contributed by atoms with Crippen LogP contribution >= 0.6 is 0 Å². The Bertz CT molecular complexity index is 862. The van der Waals surface area contributed by atoms with E-state index in [9.17, 15) is 20.1 Å². The molecule has 6 heteroatoms. The summed E-state index contributed by atoms with van der Waals surface area (Å²) in [6.07, 6.45) is 3.48. The molecule has 2 aromatic rings. The molecule has 0 bridgehead atoms. The highest BCUT2D eigenvalue weighted by Gasteiger charge is 2.35. The quantitative estimate of drug-likeness (QED) is 0.732. The van der Waals surface area contributed by atoms with Crippen LogP contribution in [0.15, 0.2) is 33.5 Å². The van der Waals surface area contributed by atoms with Crippen LogP contribution in [0.5, 0.6) is 17.2 Å². The molecule has 0 unspecified atom stereocenters. The van der Waals surface area contributed by atoms with Gasteiger partial charge in [-0.25, -0.2) is 4.79 Å². The Kier molecular flexibility index (Phi) is 3.85. The van der Waals surface area contributed by atoms with Crippen molar-refractivity contribution >= 4 is 12.2 Å². The lowest BCUT2D eigenvalue weighted by atomic mass is 9.91. The monoisotopic (exact) mass is 330 g/mol. The topological polar surface area (TPSA) is 100 Å². The zero-order chi connectivity index (χ0) is 17.5. The van der Waals surface area contributed by atoms with Crippen molar-refractivity contribution in [3.8, 4) is 17.2 Å². The van der Waals surface area contributed by atoms with Crippen molar-refractivity contribution in [3.63, 3.8) is 0 Å². The summed E-state index contributed by atoms with van der Waals surface area (Å²) >= 11 is 0. The van der Waals surface area contributed by atoms with Gasteiger partial charge in [-0.2, -0.15) is 0 Å². The third kappa shape index (κ3) is 3.14. The summed E-state index contributed by atoms with van der Waals surface area (Å²) in [4.78, 5) is 12.2. The minimum atomic E-state index is -1.33. The molecule has 0 amide bonds. The van der Waals surface area contributed by atoms with E-state index in [0.717, 1.165) is 0 Å². The van der Waals surface area contributed by atoms with Crippen molar-refractivity contribution in [3.05, 3.63) is 51.6 Å². The van der Waals surface area contributed by atoms with Gasteiger partial charge < -0.3 is 24.5 Å². The molecule has 1 aliphatic rings. The number of aromatic hydroxyl groups is 2. The molecule has 126 valence electrons. The molecule has 0 aliphatic carbocycles. The van der Waals surface area contributed by atoms with E-state index in [-0.39, 0.29) is 23.2 Å². The number of aliphatic hydroxyl groups is 1. The molecule has 0 saturated heterocycles. The smallest absolute Gasteiger partial charge is 0.343 e. The Balaban J connectivity index is 1.95. The zero-order valence-corrected chi connectivity index (χ0v) is 13.3. The van der Waals surface area contributed by atoms with Gasteiger partial charge in [0.15, 0.2) is 11.5 Å². The molecular formula is C18H18O6. The van der Waals surface area contributed by atoms with Crippen LogP contribution in [0, 0.1) is 0 Å². The van der Waals surface area contributed by atoms with E-state index < -0.39 is 11.4 Å². The van der Waals surface area contributed by atoms with Crippen LogP contribution in [0.4, 0.5) is 0 Å². The fraction of sp³-hybridized carbons (Fsp3) is 0.278. The molecule has 3 N–H and O–H groups in total. The first-order chi connectivity index (χ1) is 11.2. The fourth-order valence-corrected chi connectivity index (χ4v) is 2.88. The first-order valence-corrected chi connectivity index (χ1v) is 7.55. The Labute approximate surface area is 138 Å². The summed E-state index contributed by atoms with van der Waals surface area (Å²) < 4.78 is 10.8. The first kappa shape index (κ1) is 16.1. The SMILES string of the molecule is C[C@@H]1C[C@@](C)(O)Oc2cc(/C=C/c3ccc(O)c(O)c3)oc(=O)c21. The van der Waals surface area contributed by atoms with E-state index in [0.29, 0.717) is 23.3 Å². The van der Waals surface area contributed by atoms with Crippen LogP contribution in [0.25, 0.3) is 12.2 Å². The van der Waals surface area contributed by atoms with Gasteiger partial charge in [0.2, 0.25) is 5.79 Å². The summed E-state index contributed by atoms with van der Waals surface area (Å²) in [5.41, 5.74) is 0.539. The number of phenols is 2. The molecule has 24 heavy (non-hydrogen) atoms. The second-order valence-corrected chi connectivity index (χ2v) is 6.18. The van der Waals surface area contributed by atoms with Crippen LogP contribution in [0.2, 0.25) is 0 Å². The number of hydrogen-bond donors (Lipinski definition) is 3. The van der Waals surface area contributed by atoms with Crippen molar-refractivity contribution in [2.24, 2.45) is 0 Å². The lowest BCUT2D eigenvalue weighted by Crippen LogP contribution is -2.39. The average molecular weight is 330 g/mol. The molecule has 2 atom stereocenters. The van der Waals surface area contributed by atoms with Crippen LogP contribution in [0.1, 0.15) is 43.1 Å². The third-order valence-corrected chi connectivity index (χ3v) is 3.92. The Morgan fingerprint density at radius 2 is 1.96 bits per heavy atom. The molecule has 1 aliphatic heterocycles. The molecule has 6 nitrogen and oxygen atoms in total. The largest absolute Gasteiger partial charge is 0.504 e. The predicted octanol–water partition coefficient (Wildman–Crippen LogP) is 2.82. The number of rotatable bonds is 2. The average Bonchev–Trinajstić information content (AvgIpc) is 2.46. The van der Waals surface area contributed by atoms with Crippen LogP contribution in [0.3, 0.4) is 0 Å². The minimum absolute atomic E-state index is 0.174. The van der Waals surface area contributed by atoms with Crippen LogP contribution in [-0.4, -0.2) is 21.1 Å². The van der Waals surface area contributed by atoms with E-state index in [4.69, 9.17) is 9.15 Å². The summed E-state index contributed by atoms with van der Waals surface area (Å²) in [5, 5.41) is 28.9. The van der Waals surface area contributed by atoms with E-state index >= 15 is 0 Å². The van der Waals surface area contributed by atoms with Crippen molar-refractivity contribution < 1.29 is 24.5 Å². The molecule has 1 aromatic carbocycles. The standard InChI is InChI=1S/C18H18O6/c1-10-9-18(2,22)24-15-8-12(23-17(21)16(10)15)5-3-11-4-6-13(19)14(20)7-11/h3-8,10,19-20,22H,9H2,1-2H3/b5-3+/t10-,18+/m1/s1.